The maximum atomic E-state index is 14.9. The Kier molecular flexibility index (Phi) is 6.80. The van der Waals surface area contributed by atoms with Gasteiger partial charge in [0.1, 0.15) is 11.6 Å². The molecule has 1 saturated heterocycles. The number of carbonyl (C=O) groups is 1. The Morgan fingerprint density at radius 2 is 1.94 bits per heavy atom. The highest BCUT2D eigenvalue weighted by atomic mass is 35.5. The van der Waals surface area contributed by atoms with Crippen LogP contribution in [0.25, 0.3) is 10.9 Å². The second kappa shape index (κ2) is 10.2. The van der Waals surface area contributed by atoms with Crippen LogP contribution >= 0.6 is 11.6 Å². The number of hydrogen-bond acceptors (Lipinski definition) is 6. The van der Waals surface area contributed by atoms with Crippen LogP contribution in [0, 0.1) is 11.6 Å². The number of halogens is 3. The lowest BCUT2D eigenvalue weighted by Crippen LogP contribution is -2.29. The predicted octanol–water partition coefficient (Wildman–Crippen LogP) is 4.41. The summed E-state index contributed by atoms with van der Waals surface area (Å²) in [5.74, 6) is -1.36. The van der Waals surface area contributed by atoms with Gasteiger partial charge in [0.05, 0.1) is 28.2 Å². The van der Waals surface area contributed by atoms with Gasteiger partial charge in [0.2, 0.25) is 5.95 Å². The van der Waals surface area contributed by atoms with Gasteiger partial charge in [0.25, 0.3) is 5.91 Å². The molecule has 1 atom stereocenters. The Hall–Kier alpha value is -3.63. The Morgan fingerprint density at radius 1 is 1.14 bits per heavy atom. The van der Waals surface area contributed by atoms with E-state index in [4.69, 9.17) is 16.3 Å². The summed E-state index contributed by atoms with van der Waals surface area (Å²) in [5.41, 5.74) is 1.58. The molecule has 5 rings (SSSR count). The van der Waals surface area contributed by atoms with E-state index in [9.17, 15) is 13.6 Å². The monoisotopic (exact) mass is 512 g/mol. The van der Waals surface area contributed by atoms with Crippen LogP contribution in [0.2, 0.25) is 5.02 Å². The lowest BCUT2D eigenvalue weighted by Gasteiger charge is -2.23. The van der Waals surface area contributed by atoms with Crippen LogP contribution in [0.4, 0.5) is 14.7 Å². The molecule has 2 N–H and O–H groups in total. The molecule has 3 heterocycles. The zero-order chi connectivity index (χ0) is 25.2. The van der Waals surface area contributed by atoms with E-state index in [1.807, 2.05) is 0 Å². The van der Waals surface area contributed by atoms with E-state index in [-0.39, 0.29) is 22.0 Å². The summed E-state index contributed by atoms with van der Waals surface area (Å²) in [4.78, 5) is 21.9. The Balaban J connectivity index is 1.44. The van der Waals surface area contributed by atoms with Gasteiger partial charge in [-0.3, -0.25) is 9.48 Å². The zero-order valence-corrected chi connectivity index (χ0v) is 20.1. The SMILES string of the molecule is Cn1cc(C(NC(=O)c2cc(F)c3cnc(NC4CCOCC4)nc3c2)c2ccc(F)c(Cl)c2)cn1. The molecule has 1 aliphatic rings. The number of ether oxygens (including phenoxy) is 1. The molecule has 11 heteroatoms. The van der Waals surface area contributed by atoms with Gasteiger partial charge in [0.15, 0.2) is 0 Å². The van der Waals surface area contributed by atoms with Crippen molar-refractivity contribution in [3.63, 3.8) is 0 Å². The molecule has 1 amide bonds. The molecular weight excluding hydrogens is 490 g/mol. The van der Waals surface area contributed by atoms with E-state index in [1.165, 1.54) is 30.5 Å². The number of benzene rings is 2. The number of amides is 1. The third-order valence-electron chi connectivity index (χ3n) is 6.08. The van der Waals surface area contributed by atoms with Gasteiger partial charge < -0.3 is 15.4 Å². The van der Waals surface area contributed by atoms with Crippen molar-refractivity contribution in [3.8, 4) is 0 Å². The summed E-state index contributed by atoms with van der Waals surface area (Å²) >= 11 is 5.99. The number of rotatable bonds is 6. The molecule has 1 aliphatic heterocycles. The lowest BCUT2D eigenvalue weighted by molar-refractivity contribution is 0.0903. The minimum Gasteiger partial charge on any atom is -0.381 e. The quantitative estimate of drug-likeness (QED) is 0.397. The number of nitrogens with one attached hydrogen (secondary N) is 2. The van der Waals surface area contributed by atoms with Crippen molar-refractivity contribution in [1.29, 1.82) is 0 Å². The highest BCUT2D eigenvalue weighted by molar-refractivity contribution is 6.30. The number of aryl methyl sites for hydroxylation is 1. The molecule has 186 valence electrons. The number of carbonyl (C=O) groups excluding carboxylic acids is 1. The first-order valence-electron chi connectivity index (χ1n) is 11.4. The van der Waals surface area contributed by atoms with E-state index >= 15 is 0 Å². The van der Waals surface area contributed by atoms with Crippen LogP contribution in [-0.4, -0.2) is 44.9 Å². The van der Waals surface area contributed by atoms with E-state index in [2.05, 4.69) is 25.7 Å². The molecule has 1 fully saturated rings. The second-order valence-electron chi connectivity index (χ2n) is 8.64. The smallest absolute Gasteiger partial charge is 0.252 e. The van der Waals surface area contributed by atoms with E-state index in [1.54, 1.807) is 24.1 Å². The summed E-state index contributed by atoms with van der Waals surface area (Å²) in [6.45, 7) is 1.31. The molecular formula is C25H23ClF2N6O2. The summed E-state index contributed by atoms with van der Waals surface area (Å²) < 4.78 is 35.6. The maximum absolute atomic E-state index is 14.9. The number of fused-ring (bicyclic) bond motifs is 1. The van der Waals surface area contributed by atoms with Crippen molar-refractivity contribution in [1.82, 2.24) is 25.1 Å². The summed E-state index contributed by atoms with van der Waals surface area (Å²) in [5, 5.41) is 10.4. The number of nitrogens with zero attached hydrogens (tertiary/aromatic N) is 4. The number of aromatic nitrogens is 4. The van der Waals surface area contributed by atoms with Gasteiger partial charge in [-0.2, -0.15) is 5.10 Å². The van der Waals surface area contributed by atoms with Crippen molar-refractivity contribution in [2.75, 3.05) is 18.5 Å². The highest BCUT2D eigenvalue weighted by Gasteiger charge is 2.22. The minimum atomic E-state index is -0.695. The molecule has 1 unspecified atom stereocenters. The third-order valence-corrected chi connectivity index (χ3v) is 6.37. The van der Waals surface area contributed by atoms with Crippen LogP contribution in [0.15, 0.2) is 48.9 Å². The van der Waals surface area contributed by atoms with Gasteiger partial charge in [-0.25, -0.2) is 18.7 Å². The number of hydrogen-bond donors (Lipinski definition) is 2. The van der Waals surface area contributed by atoms with Crippen molar-refractivity contribution in [2.45, 2.75) is 24.9 Å². The summed E-state index contributed by atoms with van der Waals surface area (Å²) in [6, 6.07) is 6.33. The van der Waals surface area contributed by atoms with Crippen molar-refractivity contribution >= 4 is 34.4 Å². The first-order valence-corrected chi connectivity index (χ1v) is 11.8. The fourth-order valence-electron chi connectivity index (χ4n) is 4.17. The van der Waals surface area contributed by atoms with Gasteiger partial charge in [-0.05, 0) is 42.7 Å². The molecule has 36 heavy (non-hydrogen) atoms. The van der Waals surface area contributed by atoms with Crippen LogP contribution < -0.4 is 10.6 Å². The van der Waals surface area contributed by atoms with Crippen LogP contribution in [0.5, 0.6) is 0 Å². The molecule has 8 nitrogen and oxygen atoms in total. The second-order valence-corrected chi connectivity index (χ2v) is 9.05. The maximum Gasteiger partial charge on any atom is 0.252 e. The number of anilines is 1. The van der Waals surface area contributed by atoms with Gasteiger partial charge in [0, 0.05) is 49.8 Å². The van der Waals surface area contributed by atoms with Crippen molar-refractivity contribution < 1.29 is 18.3 Å². The van der Waals surface area contributed by atoms with Gasteiger partial charge in [-0.15, -0.1) is 0 Å². The Morgan fingerprint density at radius 3 is 2.67 bits per heavy atom. The average Bonchev–Trinajstić information content (AvgIpc) is 3.30. The van der Waals surface area contributed by atoms with Crippen LogP contribution in [0.1, 0.15) is 40.4 Å². The summed E-state index contributed by atoms with van der Waals surface area (Å²) in [7, 11) is 1.74. The van der Waals surface area contributed by atoms with Crippen LogP contribution in [-0.2, 0) is 11.8 Å². The topological polar surface area (TPSA) is 94.0 Å². The van der Waals surface area contributed by atoms with Crippen molar-refractivity contribution in [2.24, 2.45) is 7.05 Å². The fraction of sp³-hybridized carbons (Fsp3) is 0.280. The van der Waals surface area contributed by atoms with Crippen molar-refractivity contribution in [3.05, 3.63) is 82.3 Å². The van der Waals surface area contributed by atoms with E-state index in [0.717, 1.165) is 18.9 Å². The zero-order valence-electron chi connectivity index (χ0n) is 19.3. The molecule has 0 spiro atoms. The predicted molar refractivity (Wildman–Crippen MR) is 131 cm³/mol. The standard InChI is InChI=1S/C25H23ClF2N6O2/c1-34-13-16(11-30-34)23(14-2-3-20(27)19(26)8-14)33-24(35)15-9-21(28)18-12-29-25(32-22(18)10-15)31-17-4-6-36-7-5-17/h2-3,8-13,17,23H,4-7H2,1H3,(H,33,35)(H,29,31,32). The lowest BCUT2D eigenvalue weighted by atomic mass is 10.0. The molecule has 0 saturated carbocycles. The largest absolute Gasteiger partial charge is 0.381 e. The van der Waals surface area contributed by atoms with Crippen LogP contribution in [0.3, 0.4) is 0 Å². The molecule has 0 bridgehead atoms. The Labute approximate surface area is 210 Å². The van der Waals surface area contributed by atoms with E-state index in [0.29, 0.717) is 35.8 Å². The fourth-order valence-corrected chi connectivity index (χ4v) is 4.36. The van der Waals surface area contributed by atoms with Gasteiger partial charge in [-0.1, -0.05) is 17.7 Å². The molecule has 0 aliphatic carbocycles. The molecule has 4 aromatic rings. The van der Waals surface area contributed by atoms with Gasteiger partial charge >= 0.3 is 0 Å². The van der Waals surface area contributed by atoms with E-state index < -0.39 is 23.6 Å². The average molecular weight is 513 g/mol. The molecule has 2 aromatic carbocycles. The Bertz CT molecular complexity index is 1420. The molecule has 0 radical (unpaired) electrons. The first-order chi connectivity index (χ1) is 17.4. The summed E-state index contributed by atoms with van der Waals surface area (Å²) in [6.07, 6.45) is 6.36. The third kappa shape index (κ3) is 5.14. The minimum absolute atomic E-state index is 0.0753. The first kappa shape index (κ1) is 24.1. The molecule has 2 aromatic heterocycles. The normalized spacial score (nSPS) is 15.1. The highest BCUT2D eigenvalue weighted by Crippen LogP contribution is 2.27.